The van der Waals surface area contributed by atoms with Gasteiger partial charge in [-0.25, -0.2) is 0 Å². The maximum Gasteiger partial charge on any atom is 0.322 e. The highest BCUT2D eigenvalue weighted by molar-refractivity contribution is 5.75. The highest BCUT2D eigenvalue weighted by Crippen LogP contribution is 2.23. The Kier molecular flexibility index (Phi) is 7.25. The molecule has 0 aromatic rings. The van der Waals surface area contributed by atoms with Gasteiger partial charge in [0.15, 0.2) is 0 Å². The van der Waals surface area contributed by atoms with E-state index in [-0.39, 0.29) is 12.0 Å². The van der Waals surface area contributed by atoms with Crippen molar-refractivity contribution in [2.45, 2.75) is 64.3 Å². The molecule has 3 nitrogen and oxygen atoms in total. The Morgan fingerprint density at radius 3 is 2.65 bits per heavy atom. The summed E-state index contributed by atoms with van der Waals surface area (Å²) in [5.74, 6) is 0.659. The van der Waals surface area contributed by atoms with Gasteiger partial charge in [0.05, 0.1) is 7.11 Å². The first-order chi connectivity index (χ1) is 8.27. The standard InChI is InChI=1S/C14H27NO2/c1-3-4-10-13(14(16)17-2)15-11-12-8-6-5-7-9-12/h12-13,15H,3-11H2,1-2H3. The predicted molar refractivity (Wildman–Crippen MR) is 69.9 cm³/mol. The van der Waals surface area contributed by atoms with E-state index in [1.807, 2.05) is 0 Å². The smallest absolute Gasteiger partial charge is 0.322 e. The molecule has 1 saturated carbocycles. The third-order valence-electron chi connectivity index (χ3n) is 3.71. The van der Waals surface area contributed by atoms with Crippen LogP contribution in [0.2, 0.25) is 0 Å². The summed E-state index contributed by atoms with van der Waals surface area (Å²) in [4.78, 5) is 11.6. The van der Waals surface area contributed by atoms with E-state index in [4.69, 9.17) is 4.74 Å². The van der Waals surface area contributed by atoms with Crippen LogP contribution in [-0.4, -0.2) is 25.7 Å². The molecule has 1 aliphatic carbocycles. The largest absolute Gasteiger partial charge is 0.468 e. The van der Waals surface area contributed by atoms with Crippen LogP contribution in [0.5, 0.6) is 0 Å². The molecule has 100 valence electrons. The van der Waals surface area contributed by atoms with Crippen molar-refractivity contribution < 1.29 is 9.53 Å². The molecule has 17 heavy (non-hydrogen) atoms. The molecule has 0 aliphatic heterocycles. The van der Waals surface area contributed by atoms with Crippen LogP contribution < -0.4 is 5.32 Å². The highest BCUT2D eigenvalue weighted by Gasteiger charge is 2.20. The first-order valence-corrected chi connectivity index (χ1v) is 7.09. The van der Waals surface area contributed by atoms with Crippen molar-refractivity contribution in [2.24, 2.45) is 5.92 Å². The predicted octanol–water partition coefficient (Wildman–Crippen LogP) is 2.89. The minimum atomic E-state index is -0.103. The first-order valence-electron chi connectivity index (χ1n) is 7.09. The fourth-order valence-corrected chi connectivity index (χ4v) is 2.55. The highest BCUT2D eigenvalue weighted by atomic mass is 16.5. The topological polar surface area (TPSA) is 38.3 Å². The summed E-state index contributed by atoms with van der Waals surface area (Å²) in [6.45, 7) is 3.12. The van der Waals surface area contributed by atoms with Gasteiger partial charge >= 0.3 is 5.97 Å². The van der Waals surface area contributed by atoms with Gasteiger partial charge < -0.3 is 10.1 Å². The van der Waals surface area contributed by atoms with E-state index in [9.17, 15) is 4.79 Å². The number of carbonyl (C=O) groups is 1. The maximum absolute atomic E-state index is 11.6. The number of esters is 1. The second kappa shape index (κ2) is 8.51. The van der Waals surface area contributed by atoms with Crippen LogP contribution in [0.15, 0.2) is 0 Å². The Balaban J connectivity index is 2.28. The average molecular weight is 241 g/mol. The molecule has 1 unspecified atom stereocenters. The summed E-state index contributed by atoms with van der Waals surface area (Å²) >= 11 is 0. The van der Waals surface area contributed by atoms with E-state index in [2.05, 4.69) is 12.2 Å². The minimum Gasteiger partial charge on any atom is -0.468 e. The van der Waals surface area contributed by atoms with Gasteiger partial charge in [-0.15, -0.1) is 0 Å². The number of ether oxygens (including phenoxy) is 1. The number of hydrogen-bond acceptors (Lipinski definition) is 3. The summed E-state index contributed by atoms with van der Waals surface area (Å²) in [7, 11) is 1.48. The molecule has 0 amide bonds. The van der Waals surface area contributed by atoms with Crippen molar-refractivity contribution in [3.8, 4) is 0 Å². The number of unbranched alkanes of at least 4 members (excludes halogenated alkanes) is 1. The third kappa shape index (κ3) is 5.53. The van der Waals surface area contributed by atoms with E-state index in [1.165, 1.54) is 39.2 Å². The second-order valence-electron chi connectivity index (χ2n) is 5.13. The number of rotatable bonds is 7. The zero-order chi connectivity index (χ0) is 12.5. The molecule has 1 rings (SSSR count). The lowest BCUT2D eigenvalue weighted by Crippen LogP contribution is -2.40. The normalized spacial score (nSPS) is 18.9. The summed E-state index contributed by atoms with van der Waals surface area (Å²) in [5, 5.41) is 3.40. The van der Waals surface area contributed by atoms with E-state index in [1.54, 1.807) is 0 Å². The van der Waals surface area contributed by atoms with Gasteiger partial charge in [-0.3, -0.25) is 4.79 Å². The van der Waals surface area contributed by atoms with Crippen LogP contribution in [0.1, 0.15) is 58.3 Å². The molecule has 0 heterocycles. The second-order valence-corrected chi connectivity index (χ2v) is 5.13. The average Bonchev–Trinajstić information content (AvgIpc) is 2.39. The SMILES string of the molecule is CCCCC(NCC1CCCCC1)C(=O)OC. The molecule has 0 aromatic heterocycles. The molecule has 1 aliphatic rings. The number of carbonyl (C=O) groups excluding carboxylic acids is 1. The fraction of sp³-hybridized carbons (Fsp3) is 0.929. The Morgan fingerprint density at radius 2 is 2.06 bits per heavy atom. The molecular formula is C14H27NO2. The van der Waals surface area contributed by atoms with Crippen molar-refractivity contribution in [1.82, 2.24) is 5.32 Å². The van der Waals surface area contributed by atoms with Gasteiger partial charge in [-0.1, -0.05) is 39.0 Å². The minimum absolute atomic E-state index is 0.0955. The van der Waals surface area contributed by atoms with Gasteiger partial charge in [0.2, 0.25) is 0 Å². The zero-order valence-corrected chi connectivity index (χ0v) is 11.3. The van der Waals surface area contributed by atoms with Gasteiger partial charge in [-0.2, -0.15) is 0 Å². The van der Waals surface area contributed by atoms with Crippen LogP contribution >= 0.6 is 0 Å². The molecule has 1 fully saturated rings. The van der Waals surface area contributed by atoms with Gasteiger partial charge in [0.25, 0.3) is 0 Å². The molecule has 0 aromatic carbocycles. The summed E-state index contributed by atoms with van der Waals surface area (Å²) in [6.07, 6.45) is 9.82. The van der Waals surface area contributed by atoms with E-state index < -0.39 is 0 Å². The van der Waals surface area contributed by atoms with Crippen LogP contribution in [0, 0.1) is 5.92 Å². The lowest BCUT2D eigenvalue weighted by molar-refractivity contribution is -0.143. The maximum atomic E-state index is 11.6. The Hall–Kier alpha value is -0.570. The summed E-state index contributed by atoms with van der Waals surface area (Å²) in [6, 6.07) is -0.0955. The molecular weight excluding hydrogens is 214 g/mol. The molecule has 0 radical (unpaired) electrons. The van der Waals surface area contributed by atoms with E-state index in [0.29, 0.717) is 0 Å². The van der Waals surface area contributed by atoms with Crippen molar-refractivity contribution in [1.29, 1.82) is 0 Å². The van der Waals surface area contributed by atoms with Crippen molar-refractivity contribution >= 4 is 5.97 Å². The quantitative estimate of drug-likeness (QED) is 0.697. The Morgan fingerprint density at radius 1 is 1.35 bits per heavy atom. The lowest BCUT2D eigenvalue weighted by atomic mass is 9.89. The molecule has 0 bridgehead atoms. The van der Waals surface area contributed by atoms with E-state index in [0.717, 1.165) is 31.7 Å². The van der Waals surface area contributed by atoms with Crippen molar-refractivity contribution in [3.05, 3.63) is 0 Å². The van der Waals surface area contributed by atoms with Crippen LogP contribution in [0.3, 0.4) is 0 Å². The van der Waals surface area contributed by atoms with Crippen LogP contribution in [-0.2, 0) is 9.53 Å². The van der Waals surface area contributed by atoms with Crippen LogP contribution in [0.4, 0.5) is 0 Å². The van der Waals surface area contributed by atoms with Gasteiger partial charge in [-0.05, 0) is 31.7 Å². The lowest BCUT2D eigenvalue weighted by Gasteiger charge is -2.24. The van der Waals surface area contributed by atoms with Crippen molar-refractivity contribution in [2.75, 3.05) is 13.7 Å². The van der Waals surface area contributed by atoms with Gasteiger partial charge in [0, 0.05) is 0 Å². The Labute approximate surface area is 105 Å². The van der Waals surface area contributed by atoms with Crippen molar-refractivity contribution in [3.63, 3.8) is 0 Å². The summed E-state index contributed by atoms with van der Waals surface area (Å²) < 4.78 is 4.85. The zero-order valence-electron chi connectivity index (χ0n) is 11.3. The fourth-order valence-electron chi connectivity index (χ4n) is 2.55. The monoisotopic (exact) mass is 241 g/mol. The molecule has 0 spiro atoms. The van der Waals surface area contributed by atoms with Gasteiger partial charge in [0.1, 0.15) is 6.04 Å². The Bertz CT molecular complexity index is 212. The number of hydrogen-bond donors (Lipinski definition) is 1. The summed E-state index contributed by atoms with van der Waals surface area (Å²) in [5.41, 5.74) is 0. The molecule has 0 saturated heterocycles. The number of nitrogens with one attached hydrogen (secondary N) is 1. The number of methoxy groups -OCH3 is 1. The molecule has 3 heteroatoms. The molecule has 1 atom stereocenters. The van der Waals surface area contributed by atoms with E-state index >= 15 is 0 Å². The first kappa shape index (κ1) is 14.5. The third-order valence-corrected chi connectivity index (χ3v) is 3.71. The van der Waals surface area contributed by atoms with Crippen LogP contribution in [0.25, 0.3) is 0 Å². The molecule has 1 N–H and O–H groups in total.